The average molecular weight is 564 g/mol. The summed E-state index contributed by atoms with van der Waals surface area (Å²) in [6, 6.07) is -0.137. The third-order valence-corrected chi connectivity index (χ3v) is 11.3. The lowest BCUT2D eigenvalue weighted by atomic mass is 9.78. The molecular weight excluding hydrogens is 542 g/mol. The van der Waals surface area contributed by atoms with Crippen molar-refractivity contribution in [1.29, 1.82) is 0 Å². The van der Waals surface area contributed by atoms with Crippen LogP contribution >= 0.6 is 47.8 Å². The standard InChI is InChI=1S/C15H22Br3N3O3S/c1-8-5-9(2)14(22)13(6-8)21-19-11-4-3-10(7-12(11)20-21)25(23,24)15(16,17)18/h8-10,13-14,22H,3-7H2,1-2H3. The van der Waals surface area contributed by atoms with E-state index in [0.717, 1.165) is 24.2 Å². The van der Waals surface area contributed by atoms with Crippen molar-refractivity contribution in [2.45, 2.75) is 64.8 Å². The Hall–Kier alpha value is 0.490. The van der Waals surface area contributed by atoms with E-state index in [-0.39, 0.29) is 12.0 Å². The molecule has 2 aliphatic rings. The lowest BCUT2D eigenvalue weighted by Crippen LogP contribution is -2.37. The smallest absolute Gasteiger partial charge is 0.235 e. The van der Waals surface area contributed by atoms with Crippen LogP contribution in [0.3, 0.4) is 0 Å². The second-order valence-electron chi connectivity index (χ2n) is 7.38. The first-order chi connectivity index (χ1) is 11.5. The molecule has 25 heavy (non-hydrogen) atoms. The van der Waals surface area contributed by atoms with Crippen molar-refractivity contribution < 1.29 is 13.5 Å². The van der Waals surface area contributed by atoms with Crippen molar-refractivity contribution in [2.75, 3.05) is 0 Å². The van der Waals surface area contributed by atoms with Crippen molar-refractivity contribution in [3.63, 3.8) is 0 Å². The number of halogens is 3. The van der Waals surface area contributed by atoms with E-state index < -0.39 is 22.7 Å². The van der Waals surface area contributed by atoms with Gasteiger partial charge in [-0.25, -0.2) is 8.42 Å². The van der Waals surface area contributed by atoms with Gasteiger partial charge in [-0.3, -0.25) is 0 Å². The van der Waals surface area contributed by atoms with Crippen LogP contribution in [0.15, 0.2) is 0 Å². The molecule has 0 radical (unpaired) electrons. The van der Waals surface area contributed by atoms with E-state index in [0.29, 0.717) is 25.2 Å². The van der Waals surface area contributed by atoms with Crippen LogP contribution in [0.1, 0.15) is 50.5 Å². The highest BCUT2D eigenvalue weighted by atomic mass is 80.0. The third kappa shape index (κ3) is 3.88. The molecule has 1 aromatic heterocycles. The average Bonchev–Trinajstić information content (AvgIpc) is 2.92. The van der Waals surface area contributed by atoms with Crippen LogP contribution in [0.25, 0.3) is 0 Å². The summed E-state index contributed by atoms with van der Waals surface area (Å²) >= 11 is 9.41. The molecule has 0 spiro atoms. The fourth-order valence-corrected chi connectivity index (χ4v) is 7.55. The molecule has 0 amide bonds. The molecule has 5 atom stereocenters. The van der Waals surface area contributed by atoms with Crippen LogP contribution in [0.2, 0.25) is 0 Å². The van der Waals surface area contributed by atoms with Gasteiger partial charge in [0.2, 0.25) is 1.47 Å². The predicted molar refractivity (Wildman–Crippen MR) is 107 cm³/mol. The van der Waals surface area contributed by atoms with Gasteiger partial charge in [0.15, 0.2) is 9.84 Å². The van der Waals surface area contributed by atoms with Gasteiger partial charge < -0.3 is 5.11 Å². The Morgan fingerprint density at radius 1 is 1.16 bits per heavy atom. The van der Waals surface area contributed by atoms with E-state index in [1.165, 1.54) is 0 Å². The summed E-state index contributed by atoms with van der Waals surface area (Å²) in [5.74, 6) is 0.719. The fraction of sp³-hybridized carbons (Fsp3) is 0.867. The van der Waals surface area contributed by atoms with Crippen molar-refractivity contribution in [1.82, 2.24) is 15.0 Å². The summed E-state index contributed by atoms with van der Waals surface area (Å²) in [7, 11) is -3.46. The van der Waals surface area contributed by atoms with E-state index in [4.69, 9.17) is 0 Å². The van der Waals surface area contributed by atoms with Gasteiger partial charge in [-0.15, -0.1) is 0 Å². The summed E-state index contributed by atoms with van der Waals surface area (Å²) < 4.78 is 23.9. The lowest BCUT2D eigenvalue weighted by molar-refractivity contribution is 0.00257. The zero-order valence-electron chi connectivity index (χ0n) is 14.1. The predicted octanol–water partition coefficient (Wildman–Crippen LogP) is 3.31. The quantitative estimate of drug-likeness (QED) is 0.558. The normalized spacial score (nSPS) is 33.9. The van der Waals surface area contributed by atoms with Crippen LogP contribution in [0.4, 0.5) is 0 Å². The van der Waals surface area contributed by atoms with Gasteiger partial charge in [0.05, 0.1) is 28.8 Å². The number of aliphatic hydroxyl groups is 1. The maximum absolute atomic E-state index is 12.6. The molecule has 2 aliphatic carbocycles. The molecule has 5 unspecified atom stereocenters. The molecule has 0 saturated heterocycles. The maximum atomic E-state index is 12.6. The molecule has 1 fully saturated rings. The Kier molecular flexibility index (Phi) is 5.78. The van der Waals surface area contributed by atoms with Gasteiger partial charge in [-0.2, -0.15) is 15.0 Å². The molecule has 10 heteroatoms. The summed E-state index contributed by atoms with van der Waals surface area (Å²) in [6.45, 7) is 4.24. The second-order valence-corrected chi connectivity index (χ2v) is 18.1. The molecule has 1 heterocycles. The molecule has 0 aromatic carbocycles. The number of sulfone groups is 1. The van der Waals surface area contributed by atoms with Crippen LogP contribution in [-0.2, 0) is 22.7 Å². The summed E-state index contributed by atoms with van der Waals surface area (Å²) in [5.41, 5.74) is 1.59. The number of fused-ring (bicyclic) bond motifs is 1. The van der Waals surface area contributed by atoms with E-state index in [9.17, 15) is 13.5 Å². The Balaban J connectivity index is 1.84. The molecule has 1 aromatic rings. The second kappa shape index (κ2) is 7.14. The van der Waals surface area contributed by atoms with Gasteiger partial charge in [-0.1, -0.05) is 13.8 Å². The number of aliphatic hydroxyl groups excluding tert-OH is 1. The topological polar surface area (TPSA) is 85.1 Å². The zero-order chi connectivity index (χ0) is 18.6. The number of rotatable bonds is 2. The molecule has 0 aliphatic heterocycles. The van der Waals surface area contributed by atoms with Crippen molar-refractivity contribution in [3.8, 4) is 0 Å². The van der Waals surface area contributed by atoms with Crippen molar-refractivity contribution in [3.05, 3.63) is 11.4 Å². The highest BCUT2D eigenvalue weighted by Crippen LogP contribution is 2.44. The highest BCUT2D eigenvalue weighted by Gasteiger charge is 2.44. The fourth-order valence-electron chi connectivity index (χ4n) is 3.99. The third-order valence-electron chi connectivity index (χ3n) is 5.36. The van der Waals surface area contributed by atoms with Gasteiger partial charge in [-0.05, 0) is 85.3 Å². The molecule has 142 valence electrons. The zero-order valence-corrected chi connectivity index (χ0v) is 19.6. The minimum absolute atomic E-state index is 0.137. The highest BCUT2D eigenvalue weighted by molar-refractivity contribution is 9.42. The molecular formula is C15H22Br3N3O3S. The molecule has 6 nitrogen and oxygen atoms in total. The van der Waals surface area contributed by atoms with E-state index in [1.807, 2.05) is 0 Å². The van der Waals surface area contributed by atoms with Crippen LogP contribution < -0.4 is 0 Å². The Labute approximate surface area is 173 Å². The van der Waals surface area contributed by atoms with E-state index in [2.05, 4.69) is 71.8 Å². The van der Waals surface area contributed by atoms with Gasteiger partial charge in [0.1, 0.15) is 0 Å². The SMILES string of the molecule is CC1CC(C)C(O)C(n2nc3c(n2)CC(S(=O)(=O)C(Br)(Br)Br)CC3)C1. The first-order valence-corrected chi connectivity index (χ1v) is 12.4. The number of hydrogen-bond acceptors (Lipinski definition) is 5. The Morgan fingerprint density at radius 3 is 2.44 bits per heavy atom. The van der Waals surface area contributed by atoms with Gasteiger partial charge >= 0.3 is 0 Å². The molecule has 0 bridgehead atoms. The van der Waals surface area contributed by atoms with E-state index >= 15 is 0 Å². The number of hydrogen-bond donors (Lipinski definition) is 1. The Morgan fingerprint density at radius 2 is 1.80 bits per heavy atom. The monoisotopic (exact) mass is 561 g/mol. The summed E-state index contributed by atoms with van der Waals surface area (Å²) in [4.78, 5) is 1.64. The molecule has 1 saturated carbocycles. The van der Waals surface area contributed by atoms with Gasteiger partial charge in [0.25, 0.3) is 0 Å². The maximum Gasteiger partial charge on any atom is 0.235 e. The van der Waals surface area contributed by atoms with E-state index in [1.54, 1.807) is 4.80 Å². The lowest BCUT2D eigenvalue weighted by Gasteiger charge is -2.35. The first-order valence-electron chi connectivity index (χ1n) is 8.43. The number of nitrogens with zero attached hydrogens (tertiary/aromatic N) is 3. The molecule has 3 rings (SSSR count). The minimum Gasteiger partial charge on any atom is -0.391 e. The minimum atomic E-state index is -3.46. The van der Waals surface area contributed by atoms with Crippen molar-refractivity contribution in [2.24, 2.45) is 11.8 Å². The van der Waals surface area contributed by atoms with Crippen LogP contribution in [0.5, 0.6) is 0 Å². The summed E-state index contributed by atoms with van der Waals surface area (Å²) in [6.07, 6.45) is 2.81. The summed E-state index contributed by atoms with van der Waals surface area (Å²) in [5, 5.41) is 19.2. The first kappa shape index (κ1) is 20.2. The van der Waals surface area contributed by atoms with Crippen molar-refractivity contribution >= 4 is 57.6 Å². The van der Waals surface area contributed by atoms with Crippen LogP contribution in [-0.4, -0.2) is 41.3 Å². The molecule has 1 N–H and O–H groups in total. The van der Waals surface area contributed by atoms with Crippen LogP contribution in [0, 0.1) is 11.8 Å². The number of aromatic nitrogens is 3. The van der Waals surface area contributed by atoms with Gasteiger partial charge in [0, 0.05) is 6.42 Å². The number of alkyl halides is 3. The largest absolute Gasteiger partial charge is 0.391 e. The Bertz CT molecular complexity index is 747. The number of aryl methyl sites for hydroxylation is 1.